The van der Waals surface area contributed by atoms with Gasteiger partial charge in [0.2, 0.25) is 0 Å². The van der Waals surface area contributed by atoms with E-state index in [-0.39, 0.29) is 16.8 Å². The Morgan fingerprint density at radius 3 is 2.50 bits per heavy atom. The summed E-state index contributed by atoms with van der Waals surface area (Å²) < 4.78 is 0. The van der Waals surface area contributed by atoms with Crippen molar-refractivity contribution in [1.29, 1.82) is 0 Å². The van der Waals surface area contributed by atoms with Crippen molar-refractivity contribution < 1.29 is 19.8 Å². The Bertz CT molecular complexity index is 681. The van der Waals surface area contributed by atoms with Crippen molar-refractivity contribution in [1.82, 2.24) is 4.98 Å². The molecule has 0 spiro atoms. The Morgan fingerprint density at radius 1 is 1.10 bits per heavy atom. The molecular formula is C14H10N2O4. The summed E-state index contributed by atoms with van der Waals surface area (Å²) in [6.07, 6.45) is 2.96. The molecule has 1 heterocycles. The fraction of sp³-hybridized carbons (Fsp3) is 0. The van der Waals surface area contributed by atoms with Gasteiger partial charge in [-0.2, -0.15) is 0 Å². The van der Waals surface area contributed by atoms with Crippen molar-refractivity contribution in [3.63, 3.8) is 0 Å². The van der Waals surface area contributed by atoms with Gasteiger partial charge >= 0.3 is 11.9 Å². The molecule has 0 amide bonds. The molecular weight excluding hydrogens is 260 g/mol. The van der Waals surface area contributed by atoms with Crippen LogP contribution in [-0.4, -0.2) is 33.4 Å². The number of nitrogens with zero attached hydrogens (tertiary/aromatic N) is 2. The zero-order valence-corrected chi connectivity index (χ0v) is 10.2. The molecule has 6 heteroatoms. The van der Waals surface area contributed by atoms with Gasteiger partial charge in [0, 0.05) is 6.20 Å². The highest BCUT2D eigenvalue weighted by atomic mass is 16.4. The zero-order chi connectivity index (χ0) is 14.5. The molecule has 2 aromatic rings. The third-order valence-electron chi connectivity index (χ3n) is 2.50. The van der Waals surface area contributed by atoms with Crippen molar-refractivity contribution in [2.45, 2.75) is 0 Å². The number of rotatable bonds is 4. The Kier molecular flexibility index (Phi) is 3.85. The fourth-order valence-corrected chi connectivity index (χ4v) is 1.54. The molecule has 0 radical (unpaired) electrons. The van der Waals surface area contributed by atoms with E-state index >= 15 is 0 Å². The minimum absolute atomic E-state index is 0.0248. The number of aliphatic imine (C=N–C) groups is 1. The van der Waals surface area contributed by atoms with Crippen LogP contribution in [0, 0.1) is 0 Å². The van der Waals surface area contributed by atoms with E-state index in [0.717, 1.165) is 0 Å². The van der Waals surface area contributed by atoms with E-state index in [2.05, 4.69) is 9.98 Å². The number of carboxylic acids is 2. The zero-order valence-electron chi connectivity index (χ0n) is 10.2. The fourth-order valence-electron chi connectivity index (χ4n) is 1.54. The van der Waals surface area contributed by atoms with E-state index in [1.807, 2.05) is 0 Å². The maximum atomic E-state index is 11.1. The summed E-state index contributed by atoms with van der Waals surface area (Å²) in [4.78, 5) is 30.0. The van der Waals surface area contributed by atoms with E-state index in [4.69, 9.17) is 10.2 Å². The molecule has 0 fully saturated rings. The van der Waals surface area contributed by atoms with Gasteiger partial charge < -0.3 is 10.2 Å². The van der Waals surface area contributed by atoms with E-state index in [1.165, 1.54) is 24.4 Å². The minimum Gasteiger partial charge on any atom is -0.478 e. The SMILES string of the molecule is O=C(O)c1ccc(C(=O)O)c(N=Cc2ccccn2)c1. The monoisotopic (exact) mass is 270 g/mol. The molecule has 0 saturated carbocycles. The van der Waals surface area contributed by atoms with Crippen molar-refractivity contribution in [2.24, 2.45) is 4.99 Å². The van der Waals surface area contributed by atoms with Crippen LogP contribution >= 0.6 is 0 Å². The van der Waals surface area contributed by atoms with Crippen LogP contribution in [0.3, 0.4) is 0 Å². The smallest absolute Gasteiger partial charge is 0.337 e. The largest absolute Gasteiger partial charge is 0.478 e. The van der Waals surface area contributed by atoms with Gasteiger partial charge in [-0.15, -0.1) is 0 Å². The highest BCUT2D eigenvalue weighted by molar-refractivity contribution is 5.98. The number of hydrogen-bond acceptors (Lipinski definition) is 4. The Balaban J connectivity index is 2.43. The second-order valence-corrected chi connectivity index (χ2v) is 3.86. The molecule has 20 heavy (non-hydrogen) atoms. The highest BCUT2D eigenvalue weighted by Gasteiger charge is 2.12. The van der Waals surface area contributed by atoms with Crippen LogP contribution in [0.2, 0.25) is 0 Å². The first-order valence-corrected chi connectivity index (χ1v) is 5.63. The van der Waals surface area contributed by atoms with Gasteiger partial charge in [-0.25, -0.2) is 9.59 Å². The number of pyridine rings is 1. The van der Waals surface area contributed by atoms with Crippen LogP contribution in [-0.2, 0) is 0 Å². The molecule has 1 aromatic heterocycles. The van der Waals surface area contributed by atoms with Crippen LogP contribution in [0.1, 0.15) is 26.4 Å². The van der Waals surface area contributed by atoms with Gasteiger partial charge in [-0.05, 0) is 30.3 Å². The van der Waals surface area contributed by atoms with Gasteiger partial charge in [-0.1, -0.05) is 6.07 Å². The average molecular weight is 270 g/mol. The second kappa shape index (κ2) is 5.75. The van der Waals surface area contributed by atoms with Crippen LogP contribution in [0.15, 0.2) is 47.6 Å². The third kappa shape index (κ3) is 3.05. The number of hydrogen-bond donors (Lipinski definition) is 2. The molecule has 0 aliphatic heterocycles. The summed E-state index contributed by atoms with van der Waals surface area (Å²) in [6, 6.07) is 8.86. The van der Waals surface area contributed by atoms with Crippen molar-refractivity contribution in [3.8, 4) is 0 Å². The molecule has 2 rings (SSSR count). The lowest BCUT2D eigenvalue weighted by Crippen LogP contribution is -2.01. The Morgan fingerprint density at radius 2 is 1.90 bits per heavy atom. The van der Waals surface area contributed by atoms with Crippen LogP contribution < -0.4 is 0 Å². The molecule has 0 unspecified atom stereocenters. The van der Waals surface area contributed by atoms with Gasteiger partial charge in [0.05, 0.1) is 28.7 Å². The number of benzene rings is 1. The lowest BCUT2D eigenvalue weighted by atomic mass is 10.1. The molecule has 0 atom stereocenters. The summed E-state index contributed by atoms with van der Waals surface area (Å²) >= 11 is 0. The summed E-state index contributed by atoms with van der Waals surface area (Å²) in [5, 5.41) is 18.0. The number of carboxylic acid groups (broad SMARTS) is 2. The lowest BCUT2D eigenvalue weighted by molar-refractivity contribution is 0.0682. The normalized spacial score (nSPS) is 10.6. The minimum atomic E-state index is -1.17. The maximum absolute atomic E-state index is 11.1. The molecule has 100 valence electrons. The van der Waals surface area contributed by atoms with Gasteiger partial charge in [0.25, 0.3) is 0 Å². The third-order valence-corrected chi connectivity index (χ3v) is 2.50. The van der Waals surface area contributed by atoms with Gasteiger partial charge in [0.15, 0.2) is 0 Å². The first-order chi connectivity index (χ1) is 9.58. The van der Waals surface area contributed by atoms with Gasteiger partial charge in [-0.3, -0.25) is 9.98 Å². The van der Waals surface area contributed by atoms with Crippen LogP contribution in [0.25, 0.3) is 0 Å². The topological polar surface area (TPSA) is 99.8 Å². The number of aromatic nitrogens is 1. The molecule has 0 aliphatic carbocycles. The Labute approximate surface area is 114 Å². The quantitative estimate of drug-likeness (QED) is 0.830. The summed E-state index contributed by atoms with van der Waals surface area (Å²) in [7, 11) is 0. The van der Waals surface area contributed by atoms with E-state index in [1.54, 1.807) is 24.4 Å². The molecule has 2 N–H and O–H groups in total. The average Bonchev–Trinajstić information content (AvgIpc) is 2.45. The summed E-state index contributed by atoms with van der Waals surface area (Å²) in [6.45, 7) is 0. The standard InChI is InChI=1S/C14H10N2O4/c17-13(18)9-4-5-11(14(19)20)12(7-9)16-8-10-3-1-2-6-15-10/h1-8H,(H,17,18)(H,19,20). The predicted molar refractivity (Wildman–Crippen MR) is 71.9 cm³/mol. The first-order valence-electron chi connectivity index (χ1n) is 5.63. The lowest BCUT2D eigenvalue weighted by Gasteiger charge is -2.02. The predicted octanol–water partition coefficient (Wildman–Crippen LogP) is 2.23. The molecule has 0 saturated heterocycles. The molecule has 1 aromatic carbocycles. The van der Waals surface area contributed by atoms with E-state index < -0.39 is 11.9 Å². The maximum Gasteiger partial charge on any atom is 0.337 e. The first kappa shape index (κ1) is 13.4. The molecule has 0 aliphatic rings. The van der Waals surface area contributed by atoms with Gasteiger partial charge in [0.1, 0.15) is 0 Å². The van der Waals surface area contributed by atoms with E-state index in [9.17, 15) is 9.59 Å². The van der Waals surface area contributed by atoms with Crippen molar-refractivity contribution in [3.05, 3.63) is 59.4 Å². The second-order valence-electron chi connectivity index (χ2n) is 3.86. The number of aromatic carboxylic acids is 2. The number of carbonyl (C=O) groups is 2. The van der Waals surface area contributed by atoms with E-state index in [0.29, 0.717) is 5.69 Å². The highest BCUT2D eigenvalue weighted by Crippen LogP contribution is 2.21. The van der Waals surface area contributed by atoms with Crippen LogP contribution in [0.5, 0.6) is 0 Å². The van der Waals surface area contributed by atoms with Crippen molar-refractivity contribution in [2.75, 3.05) is 0 Å². The molecule has 6 nitrogen and oxygen atoms in total. The summed E-state index contributed by atoms with van der Waals surface area (Å²) in [5.41, 5.74) is 0.526. The van der Waals surface area contributed by atoms with Crippen LogP contribution in [0.4, 0.5) is 5.69 Å². The van der Waals surface area contributed by atoms with Crippen molar-refractivity contribution >= 4 is 23.8 Å². The molecule has 0 bridgehead atoms. The summed E-state index contributed by atoms with van der Waals surface area (Å²) in [5.74, 6) is -2.31. The Hall–Kier alpha value is -3.02.